The number of thioether (sulfide) groups is 1. The molecular weight excluding hydrogens is 379 g/mol. The number of ketones is 1. The molecule has 0 unspecified atom stereocenters. The van der Waals surface area contributed by atoms with Gasteiger partial charge in [-0.3, -0.25) is 9.59 Å². The molecule has 0 amide bonds. The van der Waals surface area contributed by atoms with Crippen molar-refractivity contribution in [1.82, 2.24) is 0 Å². The molecule has 0 aliphatic heterocycles. The van der Waals surface area contributed by atoms with Gasteiger partial charge in [-0.25, -0.2) is 4.39 Å². The van der Waals surface area contributed by atoms with E-state index in [1.54, 1.807) is 6.08 Å². The first-order chi connectivity index (χ1) is 13.3. The van der Waals surface area contributed by atoms with E-state index >= 15 is 0 Å². The molecule has 2 rings (SSSR count). The minimum Gasteiger partial charge on any atom is -0.494 e. The summed E-state index contributed by atoms with van der Waals surface area (Å²) in [6.07, 6.45) is 4.03. The summed E-state index contributed by atoms with van der Waals surface area (Å²) in [6.45, 7) is 4.95. The topological polar surface area (TPSA) is 63.6 Å². The normalized spacial score (nSPS) is 11.1. The first kappa shape index (κ1) is 21.7. The van der Waals surface area contributed by atoms with Gasteiger partial charge >= 0.3 is 5.97 Å². The number of aliphatic carboxylic acids is 1. The zero-order chi connectivity index (χ0) is 20.5. The van der Waals surface area contributed by atoms with Crippen LogP contribution in [0.2, 0.25) is 0 Å². The highest BCUT2D eigenvalue weighted by molar-refractivity contribution is 8.00. The van der Waals surface area contributed by atoms with Gasteiger partial charge < -0.3 is 9.84 Å². The average molecular weight is 402 g/mol. The first-order valence-electron chi connectivity index (χ1n) is 8.94. The summed E-state index contributed by atoms with van der Waals surface area (Å²) in [6, 6.07) is 11.4. The minimum absolute atomic E-state index is 0.205. The summed E-state index contributed by atoms with van der Waals surface area (Å²) in [4.78, 5) is 23.0. The fourth-order valence-corrected chi connectivity index (χ4v) is 2.91. The fraction of sp³-hybridized carbons (Fsp3) is 0.273. The lowest BCUT2D eigenvalue weighted by molar-refractivity contribution is -0.133. The lowest BCUT2D eigenvalue weighted by atomic mass is 10.1. The Labute approximate surface area is 168 Å². The summed E-state index contributed by atoms with van der Waals surface area (Å²) >= 11 is 0.878. The molecule has 28 heavy (non-hydrogen) atoms. The molecule has 0 heterocycles. The highest BCUT2D eigenvalue weighted by atomic mass is 32.2. The number of benzene rings is 2. The maximum atomic E-state index is 14.0. The van der Waals surface area contributed by atoms with Gasteiger partial charge in [0, 0.05) is 10.5 Å². The maximum Gasteiger partial charge on any atom is 0.313 e. The van der Waals surface area contributed by atoms with Crippen LogP contribution in [-0.2, 0) is 4.79 Å². The SMILES string of the molecule is CC(C)CCOc1ccc(/C=C/C(=O)c2ccc(SCC(=O)O)c(F)c2)cc1. The summed E-state index contributed by atoms with van der Waals surface area (Å²) in [7, 11) is 0. The number of rotatable bonds is 10. The van der Waals surface area contributed by atoms with Crippen LogP contribution >= 0.6 is 11.8 Å². The van der Waals surface area contributed by atoms with Gasteiger partial charge in [-0.2, -0.15) is 0 Å². The summed E-state index contributed by atoms with van der Waals surface area (Å²) in [5, 5.41) is 8.65. The molecule has 1 N–H and O–H groups in total. The van der Waals surface area contributed by atoms with E-state index in [0.717, 1.165) is 35.6 Å². The van der Waals surface area contributed by atoms with Gasteiger partial charge in [-0.05, 0) is 54.3 Å². The number of allylic oxidation sites excluding steroid dienone is 1. The van der Waals surface area contributed by atoms with E-state index < -0.39 is 11.8 Å². The molecule has 0 aliphatic rings. The first-order valence-corrected chi connectivity index (χ1v) is 9.93. The Bertz CT molecular complexity index is 844. The van der Waals surface area contributed by atoms with Crippen LogP contribution in [0.4, 0.5) is 4.39 Å². The summed E-state index contributed by atoms with van der Waals surface area (Å²) in [5.74, 6) is -0.826. The van der Waals surface area contributed by atoms with Crippen LogP contribution in [-0.4, -0.2) is 29.2 Å². The second-order valence-corrected chi connectivity index (χ2v) is 7.64. The second kappa shape index (κ2) is 10.7. The largest absolute Gasteiger partial charge is 0.494 e. The Morgan fingerprint density at radius 2 is 1.89 bits per heavy atom. The van der Waals surface area contributed by atoms with Gasteiger partial charge in [0.2, 0.25) is 0 Å². The van der Waals surface area contributed by atoms with Crippen molar-refractivity contribution in [3.05, 3.63) is 65.5 Å². The molecule has 2 aromatic carbocycles. The van der Waals surface area contributed by atoms with E-state index in [2.05, 4.69) is 13.8 Å². The number of carboxylic acid groups (broad SMARTS) is 1. The van der Waals surface area contributed by atoms with Crippen molar-refractivity contribution in [3.63, 3.8) is 0 Å². The van der Waals surface area contributed by atoms with E-state index in [1.165, 1.54) is 18.2 Å². The molecule has 2 aromatic rings. The Morgan fingerprint density at radius 3 is 2.50 bits per heavy atom. The molecule has 0 fully saturated rings. The lowest BCUT2D eigenvalue weighted by Crippen LogP contribution is -2.01. The predicted molar refractivity (Wildman–Crippen MR) is 110 cm³/mol. The molecule has 0 radical (unpaired) electrons. The Hall–Kier alpha value is -2.60. The lowest BCUT2D eigenvalue weighted by Gasteiger charge is -2.08. The van der Waals surface area contributed by atoms with Crippen LogP contribution < -0.4 is 4.74 Å². The van der Waals surface area contributed by atoms with Crippen LogP contribution in [0, 0.1) is 11.7 Å². The highest BCUT2D eigenvalue weighted by Gasteiger charge is 2.09. The van der Waals surface area contributed by atoms with E-state index in [1.807, 2.05) is 24.3 Å². The summed E-state index contributed by atoms with van der Waals surface area (Å²) < 4.78 is 19.7. The molecule has 0 saturated heterocycles. The van der Waals surface area contributed by atoms with Crippen molar-refractivity contribution in [2.45, 2.75) is 25.2 Å². The number of hydrogen-bond donors (Lipinski definition) is 1. The third kappa shape index (κ3) is 7.19. The quantitative estimate of drug-likeness (QED) is 0.331. The third-order valence-electron chi connectivity index (χ3n) is 3.84. The van der Waals surface area contributed by atoms with Crippen molar-refractivity contribution in [2.24, 2.45) is 5.92 Å². The van der Waals surface area contributed by atoms with Crippen LogP contribution in [0.1, 0.15) is 36.2 Å². The fourth-order valence-electron chi connectivity index (χ4n) is 2.27. The molecular formula is C22H23FO4S. The number of carbonyl (C=O) groups excluding carboxylic acids is 1. The minimum atomic E-state index is -1.02. The maximum absolute atomic E-state index is 14.0. The molecule has 148 valence electrons. The standard InChI is InChI=1S/C22H23FO4S/c1-15(2)11-12-27-18-7-3-16(4-8-18)5-9-20(24)17-6-10-21(19(23)13-17)28-14-22(25)26/h3-10,13,15H,11-12,14H2,1-2H3,(H,25,26)/b9-5+. The monoisotopic (exact) mass is 402 g/mol. The Balaban J connectivity index is 1.95. The van der Waals surface area contributed by atoms with Crippen LogP contribution in [0.3, 0.4) is 0 Å². The zero-order valence-corrected chi connectivity index (χ0v) is 16.7. The van der Waals surface area contributed by atoms with Crippen LogP contribution in [0.5, 0.6) is 5.75 Å². The second-order valence-electron chi connectivity index (χ2n) is 6.63. The Morgan fingerprint density at radius 1 is 1.18 bits per heavy atom. The molecule has 6 heteroatoms. The van der Waals surface area contributed by atoms with E-state index in [-0.39, 0.29) is 22.0 Å². The number of halogens is 1. The van der Waals surface area contributed by atoms with Crippen molar-refractivity contribution in [3.8, 4) is 5.75 Å². The van der Waals surface area contributed by atoms with E-state index in [9.17, 15) is 14.0 Å². The Kier molecular flexibility index (Phi) is 8.26. The van der Waals surface area contributed by atoms with Gasteiger partial charge in [-0.1, -0.05) is 32.1 Å². The number of carbonyl (C=O) groups is 2. The van der Waals surface area contributed by atoms with Crippen molar-refractivity contribution in [2.75, 3.05) is 12.4 Å². The van der Waals surface area contributed by atoms with E-state index in [4.69, 9.17) is 9.84 Å². The number of ether oxygens (including phenoxy) is 1. The van der Waals surface area contributed by atoms with Gasteiger partial charge in [0.15, 0.2) is 5.78 Å². The van der Waals surface area contributed by atoms with Gasteiger partial charge in [0.05, 0.1) is 12.4 Å². The predicted octanol–water partition coefficient (Wildman–Crippen LogP) is 5.32. The van der Waals surface area contributed by atoms with Gasteiger partial charge in [0.1, 0.15) is 11.6 Å². The third-order valence-corrected chi connectivity index (χ3v) is 4.87. The van der Waals surface area contributed by atoms with Gasteiger partial charge in [-0.15, -0.1) is 11.8 Å². The molecule has 4 nitrogen and oxygen atoms in total. The highest BCUT2D eigenvalue weighted by Crippen LogP contribution is 2.23. The van der Waals surface area contributed by atoms with Crippen LogP contribution in [0.25, 0.3) is 6.08 Å². The molecule has 0 spiro atoms. The van der Waals surface area contributed by atoms with Crippen molar-refractivity contribution >= 4 is 29.6 Å². The van der Waals surface area contributed by atoms with Crippen molar-refractivity contribution in [1.29, 1.82) is 0 Å². The van der Waals surface area contributed by atoms with E-state index in [0.29, 0.717) is 12.5 Å². The molecule has 0 atom stereocenters. The molecule has 0 saturated carbocycles. The number of hydrogen-bond acceptors (Lipinski definition) is 4. The average Bonchev–Trinajstić information content (AvgIpc) is 2.65. The molecule has 0 bridgehead atoms. The number of carboxylic acids is 1. The molecule has 0 aliphatic carbocycles. The zero-order valence-electron chi connectivity index (χ0n) is 15.9. The van der Waals surface area contributed by atoms with Crippen molar-refractivity contribution < 1.29 is 23.8 Å². The van der Waals surface area contributed by atoms with Gasteiger partial charge in [0.25, 0.3) is 0 Å². The summed E-state index contributed by atoms with van der Waals surface area (Å²) in [5.41, 5.74) is 1.04. The smallest absolute Gasteiger partial charge is 0.313 e. The van der Waals surface area contributed by atoms with Crippen LogP contribution in [0.15, 0.2) is 53.4 Å². The molecule has 0 aromatic heterocycles.